The lowest BCUT2D eigenvalue weighted by molar-refractivity contribution is 0.497. The lowest BCUT2D eigenvalue weighted by Crippen LogP contribution is -2.01. The van der Waals surface area contributed by atoms with Crippen molar-refractivity contribution in [1.29, 1.82) is 0 Å². The molecule has 4 heteroatoms. The Labute approximate surface area is 113 Å². The molecule has 1 unspecified atom stereocenters. The first-order valence-corrected chi connectivity index (χ1v) is 7.37. The minimum Gasteiger partial charge on any atom is -0.449 e. The van der Waals surface area contributed by atoms with Crippen LogP contribution in [0.1, 0.15) is 24.2 Å². The smallest absolute Gasteiger partial charge is 0.193 e. The normalized spacial score (nSPS) is 12.9. The SMILES string of the molecule is CCSc1cc(=O)c2cccc(C(C)Br)c2o1. The van der Waals surface area contributed by atoms with Crippen molar-refractivity contribution in [1.82, 2.24) is 0 Å². The molecule has 0 spiro atoms. The Morgan fingerprint density at radius 1 is 1.47 bits per heavy atom. The largest absolute Gasteiger partial charge is 0.449 e. The molecule has 1 aromatic carbocycles. The molecule has 0 fully saturated rings. The summed E-state index contributed by atoms with van der Waals surface area (Å²) in [5.74, 6) is 0.889. The first-order chi connectivity index (χ1) is 8.13. The Bertz CT molecular complexity index is 589. The van der Waals surface area contributed by atoms with Crippen LogP contribution in [0, 0.1) is 0 Å². The van der Waals surface area contributed by atoms with Gasteiger partial charge >= 0.3 is 0 Å². The minimum absolute atomic E-state index is 0.0252. The third-order valence-corrected chi connectivity index (χ3v) is 3.75. The summed E-state index contributed by atoms with van der Waals surface area (Å²) in [6.45, 7) is 4.06. The van der Waals surface area contributed by atoms with Crippen LogP contribution >= 0.6 is 27.7 Å². The van der Waals surface area contributed by atoms with Crippen molar-refractivity contribution in [2.45, 2.75) is 23.8 Å². The van der Waals surface area contributed by atoms with E-state index in [0.29, 0.717) is 16.1 Å². The quantitative estimate of drug-likeness (QED) is 0.623. The standard InChI is InChI=1S/C13H13BrO2S/c1-3-17-12-7-11(15)10-6-4-5-9(8(2)14)13(10)16-12/h4-8H,3H2,1-2H3. The molecule has 0 radical (unpaired) electrons. The molecule has 0 amide bonds. The van der Waals surface area contributed by atoms with Crippen molar-refractivity contribution < 1.29 is 4.42 Å². The zero-order valence-corrected chi connectivity index (χ0v) is 12.1. The third kappa shape index (κ3) is 2.58. The number of rotatable bonds is 3. The molecule has 0 bridgehead atoms. The zero-order chi connectivity index (χ0) is 12.4. The van der Waals surface area contributed by atoms with E-state index in [1.165, 1.54) is 0 Å². The third-order valence-electron chi connectivity index (χ3n) is 2.48. The molecule has 1 aromatic heterocycles. The van der Waals surface area contributed by atoms with E-state index in [0.717, 1.165) is 11.3 Å². The number of hydrogen-bond acceptors (Lipinski definition) is 3. The molecular formula is C13H13BrO2S. The second-order valence-electron chi connectivity index (χ2n) is 3.70. The molecule has 2 aromatic rings. The number of halogens is 1. The van der Waals surface area contributed by atoms with E-state index in [9.17, 15) is 4.79 Å². The average molecular weight is 313 g/mol. The monoisotopic (exact) mass is 312 g/mol. The Kier molecular flexibility index (Phi) is 3.94. The highest BCUT2D eigenvalue weighted by Gasteiger charge is 2.11. The minimum atomic E-state index is 0.0252. The van der Waals surface area contributed by atoms with Gasteiger partial charge in [0, 0.05) is 16.5 Å². The average Bonchev–Trinajstić information content (AvgIpc) is 2.28. The van der Waals surface area contributed by atoms with E-state index in [1.807, 2.05) is 26.0 Å². The van der Waals surface area contributed by atoms with Crippen molar-refractivity contribution in [3.05, 3.63) is 40.1 Å². The summed E-state index contributed by atoms with van der Waals surface area (Å²) in [6, 6.07) is 7.24. The molecule has 90 valence electrons. The summed E-state index contributed by atoms with van der Waals surface area (Å²) in [7, 11) is 0. The molecule has 0 N–H and O–H groups in total. The molecule has 1 atom stereocenters. The summed E-state index contributed by atoms with van der Waals surface area (Å²) in [5.41, 5.74) is 1.73. The molecule has 0 saturated heterocycles. The number of hydrogen-bond donors (Lipinski definition) is 0. The lowest BCUT2D eigenvalue weighted by Gasteiger charge is -2.08. The van der Waals surface area contributed by atoms with Crippen LogP contribution in [0.5, 0.6) is 0 Å². The molecular weight excluding hydrogens is 300 g/mol. The summed E-state index contributed by atoms with van der Waals surface area (Å²) in [4.78, 5) is 12.1. The Morgan fingerprint density at radius 2 is 2.24 bits per heavy atom. The Hall–Kier alpha value is -0.740. The summed E-state index contributed by atoms with van der Waals surface area (Å²) in [6.07, 6.45) is 0. The first-order valence-electron chi connectivity index (χ1n) is 5.47. The van der Waals surface area contributed by atoms with Gasteiger partial charge in [-0.3, -0.25) is 4.79 Å². The van der Waals surface area contributed by atoms with Crippen molar-refractivity contribution in [3.8, 4) is 0 Å². The predicted molar refractivity (Wildman–Crippen MR) is 76.2 cm³/mol. The van der Waals surface area contributed by atoms with Crippen LogP contribution in [-0.2, 0) is 0 Å². The van der Waals surface area contributed by atoms with E-state index in [1.54, 1.807) is 23.9 Å². The fraction of sp³-hybridized carbons (Fsp3) is 0.308. The van der Waals surface area contributed by atoms with Crippen LogP contribution in [-0.4, -0.2) is 5.75 Å². The molecule has 0 aliphatic heterocycles. The van der Waals surface area contributed by atoms with Crippen molar-refractivity contribution in [3.63, 3.8) is 0 Å². The van der Waals surface area contributed by atoms with Gasteiger partial charge in [0.25, 0.3) is 0 Å². The van der Waals surface area contributed by atoms with Gasteiger partial charge in [-0.05, 0) is 18.7 Å². The van der Waals surface area contributed by atoms with Crippen LogP contribution in [0.4, 0.5) is 0 Å². The van der Waals surface area contributed by atoms with Gasteiger partial charge in [0.1, 0.15) is 5.58 Å². The Morgan fingerprint density at radius 3 is 2.88 bits per heavy atom. The van der Waals surface area contributed by atoms with Gasteiger partial charge in [0.15, 0.2) is 10.5 Å². The number of alkyl halides is 1. The van der Waals surface area contributed by atoms with Crippen LogP contribution < -0.4 is 5.43 Å². The van der Waals surface area contributed by atoms with Crippen molar-refractivity contribution >= 4 is 38.7 Å². The number of thioether (sulfide) groups is 1. The summed E-state index contributed by atoms with van der Waals surface area (Å²) in [5, 5.41) is 1.33. The first kappa shape index (κ1) is 12.7. The molecule has 2 nitrogen and oxygen atoms in total. The van der Waals surface area contributed by atoms with Crippen LogP contribution in [0.15, 0.2) is 38.6 Å². The predicted octanol–water partition coefficient (Wildman–Crippen LogP) is 4.36. The van der Waals surface area contributed by atoms with E-state index >= 15 is 0 Å². The van der Waals surface area contributed by atoms with Crippen LogP contribution in [0.2, 0.25) is 0 Å². The molecule has 0 aliphatic rings. The maximum Gasteiger partial charge on any atom is 0.193 e. The molecule has 2 rings (SSSR count). The number of benzene rings is 1. The lowest BCUT2D eigenvalue weighted by atomic mass is 10.1. The van der Waals surface area contributed by atoms with Gasteiger partial charge in [-0.25, -0.2) is 0 Å². The highest BCUT2D eigenvalue weighted by atomic mass is 79.9. The van der Waals surface area contributed by atoms with E-state index in [2.05, 4.69) is 15.9 Å². The van der Waals surface area contributed by atoms with Gasteiger partial charge < -0.3 is 4.42 Å². The van der Waals surface area contributed by atoms with E-state index in [4.69, 9.17) is 4.42 Å². The van der Waals surface area contributed by atoms with Gasteiger partial charge in [-0.2, -0.15) is 0 Å². The second-order valence-corrected chi connectivity index (χ2v) is 6.34. The van der Waals surface area contributed by atoms with E-state index in [-0.39, 0.29) is 10.3 Å². The fourth-order valence-corrected chi connectivity index (χ4v) is 2.68. The molecule has 1 heterocycles. The van der Waals surface area contributed by atoms with Crippen LogP contribution in [0.3, 0.4) is 0 Å². The maximum atomic E-state index is 12.0. The molecule has 0 saturated carbocycles. The second kappa shape index (κ2) is 5.27. The van der Waals surface area contributed by atoms with E-state index < -0.39 is 0 Å². The van der Waals surface area contributed by atoms with Crippen molar-refractivity contribution in [2.75, 3.05) is 5.75 Å². The summed E-state index contributed by atoms with van der Waals surface area (Å²) < 4.78 is 5.81. The fourth-order valence-electron chi connectivity index (χ4n) is 1.70. The highest BCUT2D eigenvalue weighted by molar-refractivity contribution is 9.09. The Balaban J connectivity index is 2.74. The number of para-hydroxylation sites is 1. The van der Waals surface area contributed by atoms with Crippen molar-refractivity contribution in [2.24, 2.45) is 0 Å². The summed E-state index contributed by atoms with van der Waals surface area (Å²) >= 11 is 5.07. The number of fused-ring (bicyclic) bond motifs is 1. The highest BCUT2D eigenvalue weighted by Crippen LogP contribution is 2.30. The van der Waals surface area contributed by atoms with Gasteiger partial charge in [0.2, 0.25) is 0 Å². The molecule has 0 aliphatic carbocycles. The topological polar surface area (TPSA) is 30.2 Å². The molecule has 17 heavy (non-hydrogen) atoms. The van der Waals surface area contributed by atoms with Gasteiger partial charge in [-0.15, -0.1) is 0 Å². The van der Waals surface area contributed by atoms with Crippen LogP contribution in [0.25, 0.3) is 11.0 Å². The maximum absolute atomic E-state index is 12.0. The van der Waals surface area contributed by atoms with Gasteiger partial charge in [0.05, 0.1) is 5.39 Å². The van der Waals surface area contributed by atoms with Gasteiger partial charge in [-0.1, -0.05) is 46.7 Å². The zero-order valence-electron chi connectivity index (χ0n) is 9.70.